The number of ether oxygens (including phenoxy) is 2. The van der Waals surface area contributed by atoms with Crippen LogP contribution in [0.4, 0.5) is 0 Å². The fourth-order valence-electron chi connectivity index (χ4n) is 5.25. The maximum Gasteiger partial charge on any atom is 0.336 e. The highest BCUT2D eigenvalue weighted by atomic mass is 32.2. The van der Waals surface area contributed by atoms with Crippen molar-refractivity contribution in [3.8, 4) is 0 Å². The van der Waals surface area contributed by atoms with Crippen molar-refractivity contribution < 1.29 is 23.9 Å². The van der Waals surface area contributed by atoms with Crippen LogP contribution in [0.25, 0.3) is 0 Å². The van der Waals surface area contributed by atoms with E-state index in [1.807, 2.05) is 48.0 Å². The van der Waals surface area contributed by atoms with Crippen molar-refractivity contribution in [1.29, 1.82) is 0 Å². The normalized spacial score (nSPS) is 21.4. The van der Waals surface area contributed by atoms with Gasteiger partial charge in [0.15, 0.2) is 5.78 Å². The van der Waals surface area contributed by atoms with Crippen molar-refractivity contribution in [1.82, 2.24) is 5.32 Å². The van der Waals surface area contributed by atoms with E-state index in [9.17, 15) is 14.4 Å². The van der Waals surface area contributed by atoms with E-state index < -0.39 is 23.8 Å². The molecular formula is C29H33NO5S2. The predicted octanol–water partition coefficient (Wildman–Crippen LogP) is 5.96. The molecule has 1 N–H and O–H groups in total. The summed E-state index contributed by atoms with van der Waals surface area (Å²) in [5, 5.41) is 5.42. The molecule has 1 aliphatic heterocycles. The van der Waals surface area contributed by atoms with Crippen molar-refractivity contribution >= 4 is 40.8 Å². The quantitative estimate of drug-likeness (QED) is 0.239. The number of Topliss-reactive ketones (excluding diaryl/α,β-unsaturated/α-hetero) is 1. The molecule has 0 radical (unpaired) electrons. The Morgan fingerprint density at radius 1 is 1.08 bits per heavy atom. The zero-order valence-electron chi connectivity index (χ0n) is 21.7. The molecule has 2 aromatic rings. The summed E-state index contributed by atoms with van der Waals surface area (Å²) >= 11 is 3.16. The summed E-state index contributed by atoms with van der Waals surface area (Å²) in [5.74, 6) is -3.17. The zero-order chi connectivity index (χ0) is 26.5. The Hall–Kier alpha value is -2.84. The zero-order valence-corrected chi connectivity index (χ0v) is 23.3. The highest BCUT2D eigenvalue weighted by Crippen LogP contribution is 2.49. The van der Waals surface area contributed by atoms with Crippen LogP contribution in [-0.2, 0) is 23.9 Å². The Morgan fingerprint density at radius 3 is 2.41 bits per heavy atom. The molecule has 0 fully saturated rings. The minimum absolute atomic E-state index is 0.193. The molecule has 0 saturated heterocycles. The van der Waals surface area contributed by atoms with Gasteiger partial charge in [0.2, 0.25) is 0 Å². The van der Waals surface area contributed by atoms with Crippen LogP contribution in [0.3, 0.4) is 0 Å². The molecule has 1 aromatic carbocycles. The summed E-state index contributed by atoms with van der Waals surface area (Å²) in [6.07, 6.45) is 3.94. The molecule has 37 heavy (non-hydrogen) atoms. The second kappa shape index (κ2) is 12.1. The number of esters is 2. The first-order valence-electron chi connectivity index (χ1n) is 12.7. The minimum Gasteiger partial charge on any atom is -0.465 e. The minimum atomic E-state index is -0.969. The number of carbonyl (C=O) groups excluding carboxylic acids is 3. The topological polar surface area (TPSA) is 81.7 Å². The Kier molecular flexibility index (Phi) is 8.92. The fourth-order valence-corrected chi connectivity index (χ4v) is 6.52. The molecular weight excluding hydrogens is 506 g/mol. The second-order valence-corrected chi connectivity index (χ2v) is 10.9. The third-order valence-corrected chi connectivity index (χ3v) is 8.55. The highest BCUT2D eigenvalue weighted by molar-refractivity contribution is 7.98. The molecule has 1 aliphatic carbocycles. The van der Waals surface area contributed by atoms with Crippen molar-refractivity contribution in [3.05, 3.63) is 74.8 Å². The third-order valence-electron chi connectivity index (χ3n) is 6.80. The lowest BCUT2D eigenvalue weighted by atomic mass is 9.68. The highest BCUT2D eigenvalue weighted by Gasteiger charge is 2.49. The monoisotopic (exact) mass is 539 g/mol. The molecule has 1 aromatic heterocycles. The fraction of sp³-hybridized carbons (Fsp3) is 0.414. The molecule has 0 spiro atoms. The largest absolute Gasteiger partial charge is 0.465 e. The average molecular weight is 540 g/mol. The number of hydrogen-bond acceptors (Lipinski definition) is 8. The van der Waals surface area contributed by atoms with Crippen LogP contribution in [0.15, 0.2) is 69.2 Å². The Labute approximate surface area is 226 Å². The van der Waals surface area contributed by atoms with Crippen LogP contribution in [0.5, 0.6) is 0 Å². The third kappa shape index (κ3) is 5.41. The van der Waals surface area contributed by atoms with Gasteiger partial charge in [0.25, 0.3) is 0 Å². The predicted molar refractivity (Wildman–Crippen MR) is 146 cm³/mol. The smallest absolute Gasteiger partial charge is 0.336 e. The maximum absolute atomic E-state index is 14.3. The number of hydrogen-bond donors (Lipinski definition) is 1. The van der Waals surface area contributed by atoms with Gasteiger partial charge in [-0.25, -0.2) is 4.79 Å². The number of carbonyl (C=O) groups is 3. The van der Waals surface area contributed by atoms with E-state index in [1.54, 1.807) is 25.6 Å². The van der Waals surface area contributed by atoms with E-state index in [2.05, 4.69) is 12.2 Å². The van der Waals surface area contributed by atoms with E-state index >= 15 is 0 Å². The van der Waals surface area contributed by atoms with Crippen LogP contribution < -0.4 is 5.32 Å². The van der Waals surface area contributed by atoms with Crippen LogP contribution >= 0.6 is 23.1 Å². The van der Waals surface area contributed by atoms with E-state index in [-0.39, 0.29) is 24.9 Å². The van der Waals surface area contributed by atoms with Gasteiger partial charge < -0.3 is 14.8 Å². The summed E-state index contributed by atoms with van der Waals surface area (Å²) in [7, 11) is 0. The number of thiophene rings is 1. The number of dihydropyridines is 1. The first-order chi connectivity index (χ1) is 17.9. The summed E-state index contributed by atoms with van der Waals surface area (Å²) in [6, 6.07) is 11.8. The van der Waals surface area contributed by atoms with Gasteiger partial charge in [0, 0.05) is 38.6 Å². The Balaban J connectivity index is 1.91. The first kappa shape index (κ1) is 27.2. The standard InChI is InChI=1S/C29H33NO5S2/c1-5-9-20-26(29(33)35-7-3)23(17-11-13-18(36-4)14-12-17)25-21(30-20)16-19(22-10-8-15-37-22)24(27(25)31)28(32)34-6-2/h8,10-15,19,23-24,30H,5-7,9,16H2,1-4H3/t19-,23+,24+/m1/s1. The summed E-state index contributed by atoms with van der Waals surface area (Å²) in [6.45, 7) is 5.99. The van der Waals surface area contributed by atoms with Gasteiger partial charge in [-0.05, 0) is 62.1 Å². The lowest BCUT2D eigenvalue weighted by Crippen LogP contribution is -2.43. The van der Waals surface area contributed by atoms with Gasteiger partial charge in [-0.1, -0.05) is 31.5 Å². The summed E-state index contributed by atoms with van der Waals surface area (Å²) in [4.78, 5) is 43.0. The van der Waals surface area contributed by atoms with Gasteiger partial charge in [-0.2, -0.15) is 0 Å². The number of rotatable bonds is 9. The van der Waals surface area contributed by atoms with E-state index in [4.69, 9.17) is 9.47 Å². The van der Waals surface area contributed by atoms with E-state index in [0.29, 0.717) is 24.0 Å². The molecule has 2 heterocycles. The molecule has 0 amide bonds. The number of nitrogens with one attached hydrogen (secondary N) is 1. The first-order valence-corrected chi connectivity index (χ1v) is 14.8. The molecule has 8 heteroatoms. The number of allylic oxidation sites excluding steroid dienone is 3. The van der Waals surface area contributed by atoms with Crippen molar-refractivity contribution in [2.24, 2.45) is 5.92 Å². The van der Waals surface area contributed by atoms with Crippen molar-refractivity contribution in [3.63, 3.8) is 0 Å². The van der Waals surface area contributed by atoms with Gasteiger partial charge in [0.05, 0.1) is 18.8 Å². The molecule has 3 atom stereocenters. The van der Waals surface area contributed by atoms with Gasteiger partial charge in [0.1, 0.15) is 5.92 Å². The van der Waals surface area contributed by atoms with Gasteiger partial charge in [-0.3, -0.25) is 9.59 Å². The van der Waals surface area contributed by atoms with E-state index in [0.717, 1.165) is 33.2 Å². The van der Waals surface area contributed by atoms with Gasteiger partial charge >= 0.3 is 11.9 Å². The Bertz CT molecular complexity index is 1210. The molecule has 4 rings (SSSR count). The maximum atomic E-state index is 14.3. The summed E-state index contributed by atoms with van der Waals surface area (Å²) in [5.41, 5.74) is 3.30. The molecule has 2 aliphatic rings. The molecule has 6 nitrogen and oxygen atoms in total. The number of ketones is 1. The van der Waals surface area contributed by atoms with Crippen molar-refractivity contribution in [2.75, 3.05) is 19.5 Å². The second-order valence-electron chi connectivity index (χ2n) is 9.01. The summed E-state index contributed by atoms with van der Waals surface area (Å²) < 4.78 is 10.9. The molecule has 0 bridgehead atoms. The van der Waals surface area contributed by atoms with Crippen LogP contribution in [0.1, 0.15) is 62.3 Å². The van der Waals surface area contributed by atoms with Crippen molar-refractivity contribution in [2.45, 2.75) is 56.8 Å². The SMILES string of the molecule is CCCC1=C(C(=O)OCC)[C@@H](c2ccc(SC)cc2)C2=C(C[C@H](c3cccs3)[C@H](C(=O)OCC)C2=O)N1. The van der Waals surface area contributed by atoms with Crippen LogP contribution in [-0.4, -0.2) is 37.2 Å². The lowest BCUT2D eigenvalue weighted by Gasteiger charge is -2.39. The Morgan fingerprint density at radius 2 is 1.81 bits per heavy atom. The molecule has 196 valence electrons. The molecule has 0 saturated carbocycles. The number of benzene rings is 1. The average Bonchev–Trinajstić information content (AvgIpc) is 3.43. The van der Waals surface area contributed by atoms with Crippen LogP contribution in [0.2, 0.25) is 0 Å². The lowest BCUT2D eigenvalue weighted by molar-refractivity contribution is -0.152. The van der Waals surface area contributed by atoms with Gasteiger partial charge in [-0.15, -0.1) is 23.1 Å². The molecule has 0 unspecified atom stereocenters. The van der Waals surface area contributed by atoms with E-state index in [1.165, 1.54) is 11.3 Å². The number of thioether (sulfide) groups is 1. The van der Waals surface area contributed by atoms with Crippen LogP contribution in [0, 0.1) is 5.92 Å².